The molecule has 0 amide bonds. The van der Waals surface area contributed by atoms with E-state index in [0.717, 1.165) is 0 Å². The maximum absolute atomic E-state index is 13.7. The van der Waals surface area contributed by atoms with Crippen LogP contribution in [0.15, 0.2) is 82.7 Å². The largest absolute Gasteiger partial charge is 0.485 e. The summed E-state index contributed by atoms with van der Waals surface area (Å²) >= 11 is 5.97. The second kappa shape index (κ2) is 10.9. The summed E-state index contributed by atoms with van der Waals surface area (Å²) < 4.78 is 34.7. The molecular weight excluding hydrogens is 526 g/mol. The molecule has 11 heteroatoms. The van der Waals surface area contributed by atoms with Gasteiger partial charge in [0.1, 0.15) is 23.5 Å². The Hall–Kier alpha value is -3.78. The molecule has 2 atom stereocenters. The van der Waals surface area contributed by atoms with Gasteiger partial charge in [-0.2, -0.15) is 5.26 Å². The highest BCUT2D eigenvalue weighted by Gasteiger charge is 2.44. The van der Waals surface area contributed by atoms with Crippen LogP contribution in [0.4, 0.5) is 11.4 Å². The maximum Gasteiger partial charge on any atom is 0.264 e. The van der Waals surface area contributed by atoms with Gasteiger partial charge in [0.2, 0.25) is 5.96 Å². The van der Waals surface area contributed by atoms with E-state index in [4.69, 9.17) is 16.3 Å². The Balaban J connectivity index is 1.79. The van der Waals surface area contributed by atoms with E-state index in [1.54, 1.807) is 75.4 Å². The molecule has 0 bridgehead atoms. The quantitative estimate of drug-likeness (QED) is 0.175. The Morgan fingerprint density at radius 1 is 1.16 bits per heavy atom. The molecule has 198 valence electrons. The van der Waals surface area contributed by atoms with Crippen molar-refractivity contribution in [3.8, 4) is 11.9 Å². The van der Waals surface area contributed by atoms with Gasteiger partial charge in [-0.1, -0.05) is 29.8 Å². The number of benzene rings is 3. The zero-order valence-corrected chi connectivity index (χ0v) is 22.7. The predicted octanol–water partition coefficient (Wildman–Crippen LogP) is 4.67. The number of aliphatic hydroxyl groups is 1. The van der Waals surface area contributed by atoms with Crippen LogP contribution in [-0.4, -0.2) is 37.7 Å². The molecule has 0 spiro atoms. The fraction of sp³-hybridized carbons (Fsp3) is 0.259. The van der Waals surface area contributed by atoms with Crippen molar-refractivity contribution in [2.24, 2.45) is 4.99 Å². The van der Waals surface area contributed by atoms with E-state index < -0.39 is 27.8 Å². The van der Waals surface area contributed by atoms with Gasteiger partial charge in [-0.05, 0) is 75.4 Å². The molecule has 3 N–H and O–H groups in total. The molecule has 0 unspecified atom stereocenters. The van der Waals surface area contributed by atoms with Gasteiger partial charge in [0, 0.05) is 22.8 Å². The molecule has 1 heterocycles. The molecule has 0 radical (unpaired) electrons. The number of guanidine groups is 1. The van der Waals surface area contributed by atoms with E-state index in [1.807, 2.05) is 12.3 Å². The number of ether oxygens (including phenoxy) is 1. The Kier molecular flexibility index (Phi) is 7.83. The van der Waals surface area contributed by atoms with E-state index in [9.17, 15) is 18.8 Å². The standard InChI is InChI=1S/C27H28ClN5O4S/c1-4-33(20-8-6-5-7-9-20)38(35,36)21-14-15-23-22(16-21)24(25(34)27(2,3)37-23)32-26(30-17-29)31-19-12-10-18(28)11-13-19/h5-16,24-25,34H,4H2,1-3H3,(H2,30,31,32)/t24-,25+/m1/s1. The molecule has 0 saturated carbocycles. The van der Waals surface area contributed by atoms with Gasteiger partial charge in [0.15, 0.2) is 6.19 Å². The zero-order chi connectivity index (χ0) is 27.5. The molecule has 1 aliphatic rings. The topological polar surface area (TPSA) is 127 Å². The van der Waals surface area contributed by atoms with Gasteiger partial charge in [-0.15, -0.1) is 0 Å². The van der Waals surface area contributed by atoms with Crippen LogP contribution < -0.4 is 19.7 Å². The van der Waals surface area contributed by atoms with Crippen molar-refractivity contribution in [2.75, 3.05) is 16.2 Å². The lowest BCUT2D eigenvalue weighted by molar-refractivity contribution is -0.0568. The molecule has 3 aromatic carbocycles. The Morgan fingerprint density at radius 3 is 2.47 bits per heavy atom. The van der Waals surface area contributed by atoms with Gasteiger partial charge in [-0.25, -0.2) is 13.4 Å². The minimum Gasteiger partial charge on any atom is -0.485 e. The smallest absolute Gasteiger partial charge is 0.264 e. The molecule has 0 aliphatic carbocycles. The van der Waals surface area contributed by atoms with Crippen LogP contribution in [-0.2, 0) is 10.0 Å². The summed E-state index contributed by atoms with van der Waals surface area (Å²) in [6, 6.07) is 19.2. The second-order valence-corrected chi connectivity index (χ2v) is 11.4. The molecule has 9 nitrogen and oxygen atoms in total. The number of anilines is 2. The number of nitrogens with zero attached hydrogens (tertiary/aromatic N) is 3. The highest BCUT2D eigenvalue weighted by atomic mass is 35.5. The van der Waals surface area contributed by atoms with Crippen molar-refractivity contribution in [2.45, 2.75) is 43.4 Å². The third-order valence-electron chi connectivity index (χ3n) is 6.15. The van der Waals surface area contributed by atoms with Crippen molar-refractivity contribution in [1.29, 1.82) is 5.26 Å². The van der Waals surface area contributed by atoms with Crippen LogP contribution in [0, 0.1) is 11.5 Å². The molecule has 0 aromatic heterocycles. The van der Waals surface area contributed by atoms with E-state index in [-0.39, 0.29) is 17.4 Å². The molecule has 0 fully saturated rings. The van der Waals surface area contributed by atoms with Crippen molar-refractivity contribution in [3.63, 3.8) is 0 Å². The molecule has 4 rings (SSSR count). The number of halogens is 1. The summed E-state index contributed by atoms with van der Waals surface area (Å²) in [6.07, 6.45) is 0.680. The number of fused-ring (bicyclic) bond motifs is 1. The number of hydrogen-bond donors (Lipinski definition) is 3. The maximum atomic E-state index is 13.7. The van der Waals surface area contributed by atoms with E-state index in [1.165, 1.54) is 16.4 Å². The number of nitriles is 1. The van der Waals surface area contributed by atoms with Gasteiger partial charge in [-0.3, -0.25) is 9.62 Å². The summed E-state index contributed by atoms with van der Waals surface area (Å²) in [6.45, 7) is 5.41. The lowest BCUT2D eigenvalue weighted by Gasteiger charge is -2.41. The number of aliphatic hydroxyl groups excluding tert-OH is 1. The highest BCUT2D eigenvalue weighted by molar-refractivity contribution is 7.92. The number of aliphatic imine (C=N–C) groups is 1. The van der Waals surface area contributed by atoms with Crippen LogP contribution in [0.5, 0.6) is 5.75 Å². The molecule has 0 saturated heterocycles. The van der Waals surface area contributed by atoms with Crippen LogP contribution in [0.3, 0.4) is 0 Å². The van der Waals surface area contributed by atoms with Crippen LogP contribution in [0.25, 0.3) is 0 Å². The fourth-order valence-electron chi connectivity index (χ4n) is 4.22. The highest BCUT2D eigenvalue weighted by Crippen LogP contribution is 2.43. The number of sulfonamides is 1. The summed E-state index contributed by atoms with van der Waals surface area (Å²) in [5.74, 6) is 0.453. The van der Waals surface area contributed by atoms with Gasteiger partial charge < -0.3 is 15.2 Å². The first-order chi connectivity index (χ1) is 18.1. The minimum absolute atomic E-state index is 0.0260. The zero-order valence-electron chi connectivity index (χ0n) is 21.1. The average molecular weight is 554 g/mol. The molecule has 3 aromatic rings. The van der Waals surface area contributed by atoms with Crippen molar-refractivity contribution in [3.05, 3.63) is 83.4 Å². The van der Waals surface area contributed by atoms with Crippen molar-refractivity contribution < 1.29 is 18.3 Å². The van der Waals surface area contributed by atoms with Crippen LogP contribution >= 0.6 is 11.6 Å². The first-order valence-corrected chi connectivity index (χ1v) is 13.7. The summed E-state index contributed by atoms with van der Waals surface area (Å²) in [5.41, 5.74) is 0.471. The van der Waals surface area contributed by atoms with Crippen LogP contribution in [0.2, 0.25) is 5.02 Å². The monoisotopic (exact) mass is 553 g/mol. The molecule has 38 heavy (non-hydrogen) atoms. The van der Waals surface area contributed by atoms with Gasteiger partial charge >= 0.3 is 0 Å². The van der Waals surface area contributed by atoms with E-state index in [2.05, 4.69) is 15.6 Å². The lowest BCUT2D eigenvalue weighted by Crippen LogP contribution is -2.49. The van der Waals surface area contributed by atoms with Crippen LogP contribution in [0.1, 0.15) is 32.4 Å². The second-order valence-electron chi connectivity index (χ2n) is 9.15. The Morgan fingerprint density at radius 2 is 1.84 bits per heavy atom. The average Bonchev–Trinajstić information content (AvgIpc) is 2.88. The Labute approximate surface area is 227 Å². The first-order valence-electron chi connectivity index (χ1n) is 11.9. The van der Waals surface area contributed by atoms with Crippen molar-refractivity contribution >= 4 is 39.0 Å². The van der Waals surface area contributed by atoms with Crippen molar-refractivity contribution in [1.82, 2.24) is 5.32 Å². The summed E-state index contributed by atoms with van der Waals surface area (Å²) in [7, 11) is -3.95. The van der Waals surface area contributed by atoms with E-state index >= 15 is 0 Å². The first kappa shape index (κ1) is 27.3. The third-order valence-corrected chi connectivity index (χ3v) is 8.30. The summed E-state index contributed by atoms with van der Waals surface area (Å²) in [5, 5.41) is 26.6. The number of hydrogen-bond acceptors (Lipinski definition) is 6. The SMILES string of the molecule is CCN(c1ccccc1)S(=O)(=O)c1ccc2c(c1)[C@@H](N=C(NC#N)Nc1ccc(Cl)cc1)[C@H](O)C(C)(C)O2. The lowest BCUT2D eigenvalue weighted by atomic mass is 9.87. The molecule has 1 aliphatic heterocycles. The third kappa shape index (κ3) is 5.55. The Bertz CT molecular complexity index is 1470. The minimum atomic E-state index is -3.95. The predicted molar refractivity (Wildman–Crippen MR) is 148 cm³/mol. The fourth-order valence-corrected chi connectivity index (χ4v) is 5.85. The molecular formula is C27H28ClN5O4S. The number of rotatable bonds is 6. The van der Waals surface area contributed by atoms with Gasteiger partial charge in [0.25, 0.3) is 10.0 Å². The number of nitrogens with one attached hydrogen (secondary N) is 2. The van der Waals surface area contributed by atoms with Gasteiger partial charge in [0.05, 0.1) is 10.6 Å². The normalized spacial score (nSPS) is 18.5. The summed E-state index contributed by atoms with van der Waals surface area (Å²) in [4.78, 5) is 4.63. The van der Waals surface area contributed by atoms with E-state index in [0.29, 0.717) is 27.7 Å². The number of para-hydroxylation sites is 1.